The Kier molecular flexibility index (Phi) is 24.4. The molecule has 0 amide bonds. The smallest absolute Gasteiger partial charge is 0.748 e. The van der Waals surface area contributed by atoms with Crippen LogP contribution >= 0.6 is 0 Å². The van der Waals surface area contributed by atoms with Gasteiger partial charge in [0, 0.05) is 5.25 Å². The predicted molar refractivity (Wildman–Crippen MR) is 119 cm³/mol. The summed E-state index contributed by atoms with van der Waals surface area (Å²) in [6, 6.07) is 0. The molecule has 6 heteroatoms. The molecule has 0 aliphatic heterocycles. The quantitative estimate of drug-likeness (QED) is 0.167. The number of aliphatic hydroxyl groups excluding tert-OH is 1. The Bertz CT molecular complexity index is 429. The number of rotatable bonds is 21. The molecule has 4 nitrogen and oxygen atoms in total. The Labute approximate surface area is 204 Å². The molecule has 170 valence electrons. The van der Waals surface area contributed by atoms with E-state index in [1.54, 1.807) is 0 Å². The Balaban J connectivity index is 0. The first-order valence-electron chi connectivity index (χ1n) is 12.0. The van der Waals surface area contributed by atoms with Gasteiger partial charge in [-0.3, -0.25) is 0 Å². The van der Waals surface area contributed by atoms with Crippen molar-refractivity contribution in [1.82, 2.24) is 0 Å². The molecule has 1 N–H and O–H groups in total. The Morgan fingerprint density at radius 2 is 0.931 bits per heavy atom. The molecular weight excluding hydrogens is 395 g/mol. The fourth-order valence-corrected chi connectivity index (χ4v) is 4.73. The second-order valence-electron chi connectivity index (χ2n) is 8.52. The van der Waals surface area contributed by atoms with Gasteiger partial charge >= 0.3 is 29.6 Å². The predicted octanol–water partition coefficient (Wildman–Crippen LogP) is 3.72. The van der Waals surface area contributed by atoms with Crippen LogP contribution in [0.2, 0.25) is 0 Å². The molecule has 0 aromatic heterocycles. The third-order valence-corrected chi connectivity index (χ3v) is 7.03. The summed E-state index contributed by atoms with van der Waals surface area (Å²) in [6.07, 6.45) is 19.5. The summed E-state index contributed by atoms with van der Waals surface area (Å²) >= 11 is 0. The number of hydrogen-bond acceptors (Lipinski definition) is 4. The van der Waals surface area contributed by atoms with E-state index in [1.165, 1.54) is 38.5 Å². The molecule has 0 rings (SSSR count). The molecule has 0 bridgehead atoms. The maximum atomic E-state index is 11.4. The van der Waals surface area contributed by atoms with E-state index in [4.69, 9.17) is 0 Å². The zero-order valence-corrected chi connectivity index (χ0v) is 22.5. The standard InChI is InChI=1S/C23H48O4S.Na/c1-3-5-7-16-20-23(28(25,26)27)21-17-13-11-9-8-10-12-15-19-22(24)18-14-6-4-2;/h22-24H,3-21H2,1-2H3,(H,25,26,27);/q;+1/p-1. The van der Waals surface area contributed by atoms with Crippen molar-refractivity contribution >= 4 is 10.1 Å². The topological polar surface area (TPSA) is 77.4 Å². The van der Waals surface area contributed by atoms with E-state index >= 15 is 0 Å². The second kappa shape index (κ2) is 22.1. The van der Waals surface area contributed by atoms with Crippen molar-refractivity contribution < 1.29 is 47.6 Å². The van der Waals surface area contributed by atoms with Crippen LogP contribution in [0.25, 0.3) is 0 Å². The normalized spacial score (nSPS) is 13.8. The summed E-state index contributed by atoms with van der Waals surface area (Å²) in [5.74, 6) is 0. The minimum atomic E-state index is -4.14. The molecule has 0 spiro atoms. The van der Waals surface area contributed by atoms with Crippen LogP contribution in [-0.4, -0.2) is 29.4 Å². The van der Waals surface area contributed by atoms with E-state index in [9.17, 15) is 18.1 Å². The molecule has 0 aliphatic rings. The summed E-state index contributed by atoms with van der Waals surface area (Å²) in [7, 11) is -4.14. The first-order chi connectivity index (χ1) is 13.4. The second-order valence-corrected chi connectivity index (χ2v) is 10.2. The van der Waals surface area contributed by atoms with Crippen LogP contribution in [0.15, 0.2) is 0 Å². The first kappa shape index (κ1) is 32.1. The average molecular weight is 443 g/mol. The van der Waals surface area contributed by atoms with Crippen LogP contribution in [0, 0.1) is 0 Å². The Hall–Kier alpha value is 0.870. The molecule has 29 heavy (non-hydrogen) atoms. The molecule has 2 unspecified atom stereocenters. The molecule has 0 aliphatic carbocycles. The van der Waals surface area contributed by atoms with Gasteiger partial charge in [0.05, 0.1) is 16.2 Å². The van der Waals surface area contributed by atoms with Gasteiger partial charge in [0.25, 0.3) is 0 Å². The monoisotopic (exact) mass is 442 g/mol. The molecule has 0 saturated heterocycles. The first-order valence-corrected chi connectivity index (χ1v) is 13.5. The minimum Gasteiger partial charge on any atom is -0.748 e. The Morgan fingerprint density at radius 1 is 0.621 bits per heavy atom. The summed E-state index contributed by atoms with van der Waals surface area (Å²) in [4.78, 5) is 0. The van der Waals surface area contributed by atoms with Crippen molar-refractivity contribution in [3.05, 3.63) is 0 Å². The van der Waals surface area contributed by atoms with Crippen LogP contribution in [0.3, 0.4) is 0 Å². The molecule has 0 fully saturated rings. The van der Waals surface area contributed by atoms with Gasteiger partial charge in [-0.25, -0.2) is 8.42 Å². The third kappa shape index (κ3) is 21.9. The van der Waals surface area contributed by atoms with Crippen LogP contribution < -0.4 is 29.6 Å². The zero-order chi connectivity index (χ0) is 21.1. The van der Waals surface area contributed by atoms with E-state index in [0.29, 0.717) is 12.8 Å². The molecule has 0 aromatic carbocycles. The van der Waals surface area contributed by atoms with Crippen LogP contribution in [-0.2, 0) is 10.1 Å². The maximum absolute atomic E-state index is 11.4. The van der Waals surface area contributed by atoms with Gasteiger partial charge in [0.1, 0.15) is 0 Å². The molecule has 0 heterocycles. The van der Waals surface area contributed by atoms with Crippen molar-refractivity contribution in [2.24, 2.45) is 0 Å². The molecule has 0 radical (unpaired) electrons. The summed E-state index contributed by atoms with van der Waals surface area (Å²) in [5, 5.41) is 9.22. The van der Waals surface area contributed by atoms with E-state index in [-0.39, 0.29) is 35.7 Å². The van der Waals surface area contributed by atoms with Crippen LogP contribution in [0.1, 0.15) is 136 Å². The Morgan fingerprint density at radius 3 is 1.34 bits per heavy atom. The van der Waals surface area contributed by atoms with Crippen molar-refractivity contribution in [3.8, 4) is 0 Å². The summed E-state index contributed by atoms with van der Waals surface area (Å²) in [5.41, 5.74) is 0. The molecule has 0 saturated carbocycles. The van der Waals surface area contributed by atoms with Gasteiger partial charge in [-0.1, -0.05) is 110 Å². The van der Waals surface area contributed by atoms with E-state index in [2.05, 4.69) is 13.8 Å². The van der Waals surface area contributed by atoms with Crippen molar-refractivity contribution in [2.45, 2.75) is 147 Å². The maximum Gasteiger partial charge on any atom is 1.00 e. The number of aliphatic hydroxyl groups is 1. The molecule has 2 atom stereocenters. The van der Waals surface area contributed by atoms with Crippen molar-refractivity contribution in [3.63, 3.8) is 0 Å². The average Bonchev–Trinajstić information content (AvgIpc) is 2.64. The summed E-state index contributed by atoms with van der Waals surface area (Å²) in [6.45, 7) is 4.31. The van der Waals surface area contributed by atoms with Crippen molar-refractivity contribution in [2.75, 3.05) is 0 Å². The van der Waals surface area contributed by atoms with E-state index in [1.807, 2.05) is 0 Å². The van der Waals surface area contributed by atoms with Crippen LogP contribution in [0.5, 0.6) is 0 Å². The van der Waals surface area contributed by atoms with Gasteiger partial charge in [-0.15, -0.1) is 0 Å². The fourth-order valence-electron chi connectivity index (χ4n) is 3.82. The third-order valence-electron chi connectivity index (χ3n) is 5.74. The molecule has 0 aromatic rings. The largest absolute Gasteiger partial charge is 1.00 e. The fraction of sp³-hybridized carbons (Fsp3) is 1.00. The van der Waals surface area contributed by atoms with Gasteiger partial charge < -0.3 is 9.66 Å². The van der Waals surface area contributed by atoms with Gasteiger partial charge in [0.15, 0.2) is 0 Å². The van der Waals surface area contributed by atoms with Gasteiger partial charge in [-0.2, -0.15) is 0 Å². The summed E-state index contributed by atoms with van der Waals surface area (Å²) < 4.78 is 34.2. The SMILES string of the molecule is CCCCCCC(CCCCCCCCCCC(O)CCCCC)S(=O)(=O)[O-].[Na+]. The number of hydrogen-bond donors (Lipinski definition) is 1. The van der Waals surface area contributed by atoms with E-state index in [0.717, 1.165) is 70.6 Å². The number of unbranched alkanes of at least 4 members (excludes halogenated alkanes) is 12. The van der Waals surface area contributed by atoms with E-state index < -0.39 is 15.4 Å². The van der Waals surface area contributed by atoms with Gasteiger partial charge in [0.2, 0.25) is 0 Å². The van der Waals surface area contributed by atoms with Crippen molar-refractivity contribution in [1.29, 1.82) is 0 Å². The zero-order valence-electron chi connectivity index (χ0n) is 19.7. The van der Waals surface area contributed by atoms with Crippen LogP contribution in [0.4, 0.5) is 0 Å². The molecular formula is C23H47NaO4S. The minimum absolute atomic E-state index is 0. The van der Waals surface area contributed by atoms with Gasteiger partial charge in [-0.05, 0) is 25.7 Å².